The monoisotopic (exact) mass is 508 g/mol. The fourth-order valence-corrected chi connectivity index (χ4v) is 4.38. The lowest BCUT2D eigenvalue weighted by Crippen LogP contribution is -2.41. The summed E-state index contributed by atoms with van der Waals surface area (Å²) >= 11 is 15.3. The van der Waals surface area contributed by atoms with Crippen LogP contribution >= 0.6 is 39.7 Å². The predicted molar refractivity (Wildman–Crippen MR) is 131 cm³/mol. The largest absolute Gasteiger partial charge is 0.355 e. The second-order valence-corrected chi connectivity index (χ2v) is 8.97. The molecule has 0 aromatic heterocycles. The molecule has 3 rings (SSSR count). The SMILES string of the molecule is O=C(CN1CCCN(C(=S)Nc2ccc(Br)cc2Cl)CC1)NCCc1ccccc1. The van der Waals surface area contributed by atoms with Crippen molar-refractivity contribution in [2.24, 2.45) is 0 Å². The van der Waals surface area contributed by atoms with Crippen LogP contribution in [-0.2, 0) is 11.2 Å². The highest BCUT2D eigenvalue weighted by Crippen LogP contribution is 2.26. The van der Waals surface area contributed by atoms with Crippen LogP contribution in [0.15, 0.2) is 53.0 Å². The summed E-state index contributed by atoms with van der Waals surface area (Å²) in [5.74, 6) is 0.0710. The maximum atomic E-state index is 12.3. The minimum Gasteiger partial charge on any atom is -0.355 e. The van der Waals surface area contributed by atoms with Gasteiger partial charge in [0.15, 0.2) is 5.11 Å². The molecule has 2 N–H and O–H groups in total. The highest BCUT2D eigenvalue weighted by Gasteiger charge is 2.19. The van der Waals surface area contributed by atoms with Crippen molar-refractivity contribution in [1.82, 2.24) is 15.1 Å². The third kappa shape index (κ3) is 7.23. The summed E-state index contributed by atoms with van der Waals surface area (Å²) in [5.41, 5.74) is 2.03. The Balaban J connectivity index is 1.41. The Morgan fingerprint density at radius 1 is 1.10 bits per heavy atom. The molecule has 1 heterocycles. The Morgan fingerprint density at radius 3 is 2.67 bits per heavy atom. The molecule has 1 saturated heterocycles. The van der Waals surface area contributed by atoms with Crippen LogP contribution in [-0.4, -0.2) is 60.1 Å². The molecule has 0 aliphatic carbocycles. The Kier molecular flexibility index (Phi) is 8.93. The molecule has 1 amide bonds. The van der Waals surface area contributed by atoms with Crippen molar-refractivity contribution in [3.63, 3.8) is 0 Å². The van der Waals surface area contributed by atoms with E-state index in [0.717, 1.165) is 49.2 Å². The van der Waals surface area contributed by atoms with E-state index in [2.05, 4.69) is 48.5 Å². The summed E-state index contributed by atoms with van der Waals surface area (Å²) in [6.07, 6.45) is 1.80. The molecule has 0 spiro atoms. The molecule has 30 heavy (non-hydrogen) atoms. The van der Waals surface area contributed by atoms with Gasteiger partial charge in [-0.05, 0) is 48.8 Å². The topological polar surface area (TPSA) is 47.6 Å². The highest BCUT2D eigenvalue weighted by molar-refractivity contribution is 9.10. The van der Waals surface area contributed by atoms with E-state index in [1.165, 1.54) is 5.56 Å². The average molecular weight is 510 g/mol. The lowest BCUT2D eigenvalue weighted by molar-refractivity contribution is -0.122. The van der Waals surface area contributed by atoms with Gasteiger partial charge in [0, 0.05) is 37.2 Å². The van der Waals surface area contributed by atoms with E-state index in [9.17, 15) is 4.79 Å². The van der Waals surface area contributed by atoms with Crippen LogP contribution in [0.4, 0.5) is 5.69 Å². The number of carbonyl (C=O) groups excluding carboxylic acids is 1. The Morgan fingerprint density at radius 2 is 1.90 bits per heavy atom. The first-order chi connectivity index (χ1) is 14.5. The molecule has 1 aliphatic heterocycles. The maximum Gasteiger partial charge on any atom is 0.234 e. The molecule has 0 radical (unpaired) electrons. The minimum absolute atomic E-state index is 0.0710. The number of amides is 1. The molecular formula is C22H26BrClN4OS. The number of thiocarbonyl (C=S) groups is 1. The summed E-state index contributed by atoms with van der Waals surface area (Å²) in [6.45, 7) is 4.38. The second kappa shape index (κ2) is 11.6. The van der Waals surface area contributed by atoms with E-state index in [0.29, 0.717) is 23.2 Å². The van der Waals surface area contributed by atoms with E-state index in [-0.39, 0.29) is 5.91 Å². The summed E-state index contributed by atoms with van der Waals surface area (Å²) in [6, 6.07) is 15.9. The minimum atomic E-state index is 0.0710. The fraction of sp³-hybridized carbons (Fsp3) is 0.364. The van der Waals surface area contributed by atoms with Crippen molar-refractivity contribution in [1.29, 1.82) is 0 Å². The summed E-state index contributed by atoms with van der Waals surface area (Å²) in [5, 5.41) is 7.55. The van der Waals surface area contributed by atoms with Crippen molar-refractivity contribution in [2.75, 3.05) is 44.6 Å². The van der Waals surface area contributed by atoms with Crippen molar-refractivity contribution in [2.45, 2.75) is 12.8 Å². The van der Waals surface area contributed by atoms with Crippen molar-refractivity contribution in [3.8, 4) is 0 Å². The van der Waals surface area contributed by atoms with Gasteiger partial charge in [-0.2, -0.15) is 0 Å². The smallest absolute Gasteiger partial charge is 0.234 e. The highest BCUT2D eigenvalue weighted by atomic mass is 79.9. The second-order valence-electron chi connectivity index (χ2n) is 7.26. The van der Waals surface area contributed by atoms with Crippen LogP contribution in [0, 0.1) is 0 Å². The maximum absolute atomic E-state index is 12.3. The van der Waals surface area contributed by atoms with E-state index in [1.807, 2.05) is 36.4 Å². The molecule has 160 valence electrons. The standard InChI is InChI=1S/C22H26BrClN4OS/c23-18-7-8-20(19(24)15-18)26-22(30)28-12-4-11-27(13-14-28)16-21(29)25-10-9-17-5-2-1-3-6-17/h1-3,5-8,15H,4,9-14,16H2,(H,25,29)(H,26,30). The molecule has 2 aromatic carbocycles. The molecular weight excluding hydrogens is 484 g/mol. The summed E-state index contributed by atoms with van der Waals surface area (Å²) in [4.78, 5) is 16.6. The van der Waals surface area contributed by atoms with Gasteiger partial charge in [0.25, 0.3) is 0 Å². The van der Waals surface area contributed by atoms with E-state index in [1.54, 1.807) is 0 Å². The molecule has 8 heteroatoms. The van der Waals surface area contributed by atoms with E-state index in [4.69, 9.17) is 23.8 Å². The molecule has 0 bridgehead atoms. The number of hydrogen-bond donors (Lipinski definition) is 2. The van der Waals surface area contributed by atoms with Crippen LogP contribution in [0.1, 0.15) is 12.0 Å². The van der Waals surface area contributed by atoms with Crippen LogP contribution in [0.2, 0.25) is 5.02 Å². The number of nitrogens with one attached hydrogen (secondary N) is 2. The first-order valence-corrected chi connectivity index (χ1v) is 11.6. The van der Waals surface area contributed by atoms with Gasteiger partial charge in [-0.15, -0.1) is 0 Å². The number of halogens is 2. The Bertz CT molecular complexity index is 867. The van der Waals surface area contributed by atoms with Gasteiger partial charge >= 0.3 is 0 Å². The van der Waals surface area contributed by atoms with Crippen molar-refractivity contribution >= 4 is 56.5 Å². The van der Waals surface area contributed by atoms with Gasteiger partial charge in [-0.1, -0.05) is 57.9 Å². The molecule has 0 saturated carbocycles. The normalized spacial score (nSPS) is 14.8. The third-order valence-electron chi connectivity index (χ3n) is 4.99. The molecule has 1 fully saturated rings. The molecule has 1 aliphatic rings. The molecule has 5 nitrogen and oxygen atoms in total. The van der Waals surface area contributed by atoms with Gasteiger partial charge in [0.2, 0.25) is 5.91 Å². The van der Waals surface area contributed by atoms with E-state index < -0.39 is 0 Å². The lowest BCUT2D eigenvalue weighted by Gasteiger charge is -2.25. The Hall–Kier alpha value is -1.67. The van der Waals surface area contributed by atoms with Crippen LogP contribution in [0.3, 0.4) is 0 Å². The fourth-order valence-electron chi connectivity index (χ4n) is 3.37. The Labute approximate surface area is 196 Å². The molecule has 0 unspecified atom stereocenters. The van der Waals surface area contributed by atoms with Crippen LogP contribution < -0.4 is 10.6 Å². The van der Waals surface area contributed by atoms with Gasteiger partial charge in [0.1, 0.15) is 0 Å². The number of anilines is 1. The summed E-state index contributed by atoms with van der Waals surface area (Å²) in [7, 11) is 0. The lowest BCUT2D eigenvalue weighted by atomic mass is 10.1. The quantitative estimate of drug-likeness (QED) is 0.573. The van der Waals surface area contributed by atoms with Crippen LogP contribution in [0.5, 0.6) is 0 Å². The molecule has 0 atom stereocenters. The summed E-state index contributed by atoms with van der Waals surface area (Å²) < 4.78 is 0.927. The van der Waals surface area contributed by atoms with E-state index >= 15 is 0 Å². The number of rotatable bonds is 6. The van der Waals surface area contributed by atoms with Crippen molar-refractivity contribution in [3.05, 3.63) is 63.6 Å². The number of hydrogen-bond acceptors (Lipinski definition) is 3. The predicted octanol–water partition coefficient (Wildman–Crippen LogP) is 4.17. The van der Waals surface area contributed by atoms with Crippen LogP contribution in [0.25, 0.3) is 0 Å². The van der Waals surface area contributed by atoms with Gasteiger partial charge in [-0.25, -0.2) is 0 Å². The van der Waals surface area contributed by atoms with Crippen molar-refractivity contribution < 1.29 is 4.79 Å². The zero-order chi connectivity index (χ0) is 21.3. The van der Waals surface area contributed by atoms with Gasteiger partial charge < -0.3 is 15.5 Å². The van der Waals surface area contributed by atoms with Gasteiger partial charge in [-0.3, -0.25) is 9.69 Å². The number of nitrogens with zero attached hydrogens (tertiary/aromatic N) is 2. The third-order valence-corrected chi connectivity index (χ3v) is 6.16. The average Bonchev–Trinajstić information content (AvgIpc) is 2.96. The van der Waals surface area contributed by atoms with Gasteiger partial charge in [0.05, 0.1) is 17.3 Å². The zero-order valence-electron chi connectivity index (χ0n) is 16.7. The first-order valence-electron chi connectivity index (χ1n) is 10.1. The zero-order valence-corrected chi connectivity index (χ0v) is 19.9. The number of carbonyl (C=O) groups is 1. The number of benzene rings is 2. The first kappa shape index (κ1) is 23.0. The molecule has 2 aromatic rings.